The van der Waals surface area contributed by atoms with E-state index in [1.54, 1.807) is 12.1 Å². The van der Waals surface area contributed by atoms with Crippen LogP contribution in [0.4, 0.5) is 9.18 Å². The van der Waals surface area contributed by atoms with Gasteiger partial charge in [-0.3, -0.25) is 0 Å². The monoisotopic (exact) mass is 356 g/mol. The number of likely N-dealkylation sites (tertiary alicyclic amines) is 1. The minimum atomic E-state index is -0.577. The number of carbonyl (C=O) groups excluding carboxylic acids is 1. The van der Waals surface area contributed by atoms with Gasteiger partial charge in [-0.2, -0.15) is 4.39 Å². The van der Waals surface area contributed by atoms with Crippen molar-refractivity contribution in [2.75, 3.05) is 26.2 Å². The molecule has 0 aliphatic carbocycles. The van der Waals surface area contributed by atoms with Gasteiger partial charge in [-0.15, -0.1) is 5.10 Å². The van der Waals surface area contributed by atoms with Gasteiger partial charge in [0, 0.05) is 32.4 Å². The predicted octanol–water partition coefficient (Wildman–Crippen LogP) is 2.41. The van der Waals surface area contributed by atoms with Gasteiger partial charge in [0.1, 0.15) is 11.4 Å². The van der Waals surface area contributed by atoms with Crippen molar-refractivity contribution in [3.8, 4) is 5.69 Å². The first-order valence-corrected chi connectivity index (χ1v) is 8.91. The van der Waals surface area contributed by atoms with E-state index in [0.29, 0.717) is 19.5 Å². The molecule has 0 atom stereocenters. The molecule has 1 saturated heterocycles. The molecule has 0 N–H and O–H groups in total. The van der Waals surface area contributed by atoms with Gasteiger partial charge in [0.15, 0.2) is 0 Å². The fourth-order valence-corrected chi connectivity index (χ4v) is 3.56. The Labute approximate surface area is 151 Å². The van der Waals surface area contributed by atoms with Gasteiger partial charge < -0.3 is 9.80 Å². The molecule has 2 amide bonds. The SMILES string of the molecule is Cc1c(C2=CCN(C(=O)N3CCCC3)CC2)nnn1-c1cccnc1F. The molecule has 7 nitrogen and oxygen atoms in total. The van der Waals surface area contributed by atoms with Crippen molar-refractivity contribution >= 4 is 11.6 Å². The first kappa shape index (κ1) is 16.7. The average Bonchev–Trinajstić information content (AvgIpc) is 3.32. The number of halogens is 1. The number of hydrogen-bond acceptors (Lipinski definition) is 4. The molecule has 1 fully saturated rings. The second kappa shape index (κ2) is 6.86. The molecule has 0 radical (unpaired) electrons. The number of pyridine rings is 1. The van der Waals surface area contributed by atoms with E-state index in [9.17, 15) is 9.18 Å². The van der Waals surface area contributed by atoms with E-state index in [1.165, 1.54) is 10.9 Å². The quantitative estimate of drug-likeness (QED) is 0.775. The van der Waals surface area contributed by atoms with Crippen LogP contribution < -0.4 is 0 Å². The standard InChI is InChI=1S/C18H21FN6O/c1-13-16(21-22-25(13)15-5-4-8-20-17(15)19)14-6-11-24(12-7-14)18(26)23-9-2-3-10-23/h4-6,8H,2-3,7,9-12H2,1H3. The summed E-state index contributed by atoms with van der Waals surface area (Å²) in [6.45, 7) is 4.81. The van der Waals surface area contributed by atoms with Crippen LogP contribution in [0.3, 0.4) is 0 Å². The molecular weight excluding hydrogens is 335 g/mol. The molecule has 2 aromatic rings. The Hall–Kier alpha value is -2.77. The van der Waals surface area contributed by atoms with Crippen LogP contribution in [-0.4, -0.2) is 62.0 Å². The van der Waals surface area contributed by atoms with Gasteiger partial charge in [-0.1, -0.05) is 11.3 Å². The minimum absolute atomic E-state index is 0.121. The van der Waals surface area contributed by atoms with Crippen LogP contribution in [0.25, 0.3) is 11.3 Å². The van der Waals surface area contributed by atoms with Crippen LogP contribution in [0.1, 0.15) is 30.7 Å². The predicted molar refractivity (Wildman–Crippen MR) is 94.2 cm³/mol. The smallest absolute Gasteiger partial charge is 0.320 e. The lowest BCUT2D eigenvalue weighted by molar-refractivity contribution is 0.167. The van der Waals surface area contributed by atoms with E-state index in [2.05, 4.69) is 15.3 Å². The number of hydrogen-bond donors (Lipinski definition) is 0. The topological polar surface area (TPSA) is 67.2 Å². The molecule has 4 heterocycles. The molecule has 2 aliphatic rings. The Morgan fingerprint density at radius 3 is 2.69 bits per heavy atom. The molecule has 2 aliphatic heterocycles. The van der Waals surface area contributed by atoms with Crippen LogP contribution in [0.15, 0.2) is 24.4 Å². The van der Waals surface area contributed by atoms with E-state index in [0.717, 1.165) is 42.9 Å². The van der Waals surface area contributed by atoms with Gasteiger partial charge >= 0.3 is 6.03 Å². The number of aromatic nitrogens is 4. The second-order valence-electron chi connectivity index (χ2n) is 6.65. The Morgan fingerprint density at radius 2 is 2.00 bits per heavy atom. The largest absolute Gasteiger partial charge is 0.325 e. The lowest BCUT2D eigenvalue weighted by Gasteiger charge is -2.30. The molecule has 0 aromatic carbocycles. The molecule has 26 heavy (non-hydrogen) atoms. The number of nitrogens with zero attached hydrogens (tertiary/aromatic N) is 6. The number of carbonyl (C=O) groups is 1. The number of amides is 2. The third-order valence-electron chi connectivity index (χ3n) is 5.02. The normalized spacial score (nSPS) is 17.5. The summed E-state index contributed by atoms with van der Waals surface area (Å²) in [7, 11) is 0. The number of urea groups is 1. The minimum Gasteiger partial charge on any atom is -0.325 e. The zero-order valence-corrected chi connectivity index (χ0v) is 14.7. The molecule has 0 saturated carbocycles. The summed E-state index contributed by atoms with van der Waals surface area (Å²) < 4.78 is 15.4. The highest BCUT2D eigenvalue weighted by Gasteiger charge is 2.26. The molecule has 2 aromatic heterocycles. The summed E-state index contributed by atoms with van der Waals surface area (Å²) in [6.07, 6.45) is 6.33. The molecule has 8 heteroatoms. The van der Waals surface area contributed by atoms with Crippen LogP contribution in [0, 0.1) is 12.9 Å². The maximum atomic E-state index is 13.9. The van der Waals surface area contributed by atoms with Crippen molar-refractivity contribution in [3.63, 3.8) is 0 Å². The fourth-order valence-electron chi connectivity index (χ4n) is 3.56. The van der Waals surface area contributed by atoms with Crippen molar-refractivity contribution in [1.29, 1.82) is 0 Å². The lowest BCUT2D eigenvalue weighted by atomic mass is 10.0. The van der Waals surface area contributed by atoms with Gasteiger partial charge in [0.05, 0.1) is 5.69 Å². The van der Waals surface area contributed by atoms with Crippen LogP contribution in [0.2, 0.25) is 0 Å². The highest BCUT2D eigenvalue weighted by molar-refractivity contribution is 5.77. The first-order chi connectivity index (χ1) is 12.6. The van der Waals surface area contributed by atoms with Crippen molar-refractivity contribution in [1.82, 2.24) is 29.8 Å². The first-order valence-electron chi connectivity index (χ1n) is 8.91. The van der Waals surface area contributed by atoms with E-state index in [4.69, 9.17) is 0 Å². The molecule has 0 bridgehead atoms. The van der Waals surface area contributed by atoms with Gasteiger partial charge in [0.2, 0.25) is 5.95 Å². The van der Waals surface area contributed by atoms with Gasteiger partial charge in [-0.25, -0.2) is 14.5 Å². The Kier molecular flexibility index (Phi) is 4.40. The van der Waals surface area contributed by atoms with Crippen molar-refractivity contribution < 1.29 is 9.18 Å². The van der Waals surface area contributed by atoms with Crippen LogP contribution in [-0.2, 0) is 0 Å². The summed E-state index contributed by atoms with van der Waals surface area (Å²) >= 11 is 0. The van der Waals surface area contributed by atoms with Gasteiger partial charge in [0.25, 0.3) is 0 Å². The maximum absolute atomic E-state index is 13.9. The third-order valence-corrected chi connectivity index (χ3v) is 5.02. The summed E-state index contributed by atoms with van der Waals surface area (Å²) in [4.78, 5) is 19.9. The van der Waals surface area contributed by atoms with E-state index < -0.39 is 5.95 Å². The highest BCUT2D eigenvalue weighted by Crippen LogP contribution is 2.25. The summed E-state index contributed by atoms with van der Waals surface area (Å²) in [5.41, 5.74) is 2.85. The Bertz CT molecular complexity index is 855. The van der Waals surface area contributed by atoms with Crippen molar-refractivity contribution in [2.24, 2.45) is 0 Å². The Morgan fingerprint density at radius 1 is 1.19 bits per heavy atom. The van der Waals surface area contributed by atoms with E-state index in [1.807, 2.05) is 22.8 Å². The lowest BCUT2D eigenvalue weighted by Crippen LogP contribution is -2.43. The molecular formula is C18H21FN6O. The summed E-state index contributed by atoms with van der Waals surface area (Å²) in [6, 6.07) is 3.41. The van der Waals surface area contributed by atoms with E-state index >= 15 is 0 Å². The summed E-state index contributed by atoms with van der Waals surface area (Å²) in [5, 5.41) is 8.34. The highest BCUT2D eigenvalue weighted by atomic mass is 19.1. The molecule has 4 rings (SSSR count). The van der Waals surface area contributed by atoms with Gasteiger partial charge in [-0.05, 0) is 43.9 Å². The zero-order chi connectivity index (χ0) is 18.1. The van der Waals surface area contributed by atoms with Crippen molar-refractivity contribution in [2.45, 2.75) is 26.2 Å². The van der Waals surface area contributed by atoms with Crippen molar-refractivity contribution in [3.05, 3.63) is 41.7 Å². The maximum Gasteiger partial charge on any atom is 0.320 e. The average molecular weight is 356 g/mol. The second-order valence-corrected chi connectivity index (χ2v) is 6.65. The number of rotatable bonds is 2. The van der Waals surface area contributed by atoms with Crippen LogP contribution in [0.5, 0.6) is 0 Å². The van der Waals surface area contributed by atoms with E-state index in [-0.39, 0.29) is 11.7 Å². The molecule has 136 valence electrons. The summed E-state index contributed by atoms with van der Waals surface area (Å²) in [5.74, 6) is -0.577. The molecule has 0 spiro atoms. The molecule has 0 unspecified atom stereocenters. The fraction of sp³-hybridized carbons (Fsp3) is 0.444. The van der Waals surface area contributed by atoms with Crippen LogP contribution >= 0.6 is 0 Å². The zero-order valence-electron chi connectivity index (χ0n) is 14.7. The third kappa shape index (κ3) is 2.95. The Balaban J connectivity index is 1.52.